The van der Waals surface area contributed by atoms with Gasteiger partial charge in [-0.1, -0.05) is 24.6 Å². The Labute approximate surface area is 173 Å². The number of aryl methyl sites for hydroxylation is 3. The molecule has 0 aliphatic carbocycles. The molecule has 3 amide bonds. The monoisotopic (exact) mass is 419 g/mol. The van der Waals surface area contributed by atoms with Crippen molar-refractivity contribution in [3.8, 4) is 0 Å². The molecule has 0 saturated heterocycles. The van der Waals surface area contributed by atoms with Gasteiger partial charge in [-0.05, 0) is 51.0 Å². The summed E-state index contributed by atoms with van der Waals surface area (Å²) in [5, 5.41) is 2.30. The van der Waals surface area contributed by atoms with Gasteiger partial charge in [-0.2, -0.15) is 0 Å². The maximum atomic E-state index is 12.2. The van der Waals surface area contributed by atoms with Gasteiger partial charge >= 0.3 is 0 Å². The molecule has 0 radical (unpaired) electrons. The lowest BCUT2D eigenvalue weighted by molar-refractivity contribution is -0.121. The minimum Gasteiger partial charge on any atom is -0.325 e. The van der Waals surface area contributed by atoms with E-state index in [-0.39, 0.29) is 23.5 Å². The average molecular weight is 420 g/mol. The number of amides is 3. The summed E-state index contributed by atoms with van der Waals surface area (Å²) in [6.45, 7) is 7.67. The lowest BCUT2D eigenvalue weighted by atomic mass is 10.2. The van der Waals surface area contributed by atoms with Crippen molar-refractivity contribution in [2.45, 2.75) is 39.4 Å². The molecule has 2 aromatic rings. The van der Waals surface area contributed by atoms with Crippen LogP contribution in [0.3, 0.4) is 0 Å². The first-order valence-corrected chi connectivity index (χ1v) is 10.8. The molecule has 1 aromatic carbocycles. The fourth-order valence-electron chi connectivity index (χ4n) is 2.37. The van der Waals surface area contributed by atoms with Crippen LogP contribution in [0.2, 0.25) is 0 Å². The van der Waals surface area contributed by atoms with Crippen LogP contribution in [0.4, 0.5) is 5.69 Å². The molecule has 150 valence electrons. The third kappa shape index (κ3) is 6.38. The van der Waals surface area contributed by atoms with E-state index in [1.165, 1.54) is 23.1 Å². The Bertz CT molecular complexity index is 847. The summed E-state index contributed by atoms with van der Waals surface area (Å²) >= 11 is 2.62. The van der Waals surface area contributed by atoms with Gasteiger partial charge in [-0.3, -0.25) is 25.2 Å². The summed E-state index contributed by atoms with van der Waals surface area (Å²) in [6.07, 6.45) is 0.870. The van der Waals surface area contributed by atoms with E-state index in [9.17, 15) is 14.4 Å². The average Bonchev–Trinajstić information content (AvgIpc) is 3.06. The van der Waals surface area contributed by atoms with E-state index in [1.54, 1.807) is 6.92 Å². The molecule has 0 aliphatic rings. The molecule has 1 heterocycles. The Morgan fingerprint density at radius 1 is 1.11 bits per heavy atom. The van der Waals surface area contributed by atoms with Gasteiger partial charge in [0.05, 0.1) is 15.9 Å². The largest absolute Gasteiger partial charge is 0.325 e. The minimum absolute atomic E-state index is 0.139. The Kier molecular flexibility index (Phi) is 8.07. The maximum absolute atomic E-state index is 12.2. The molecule has 0 fully saturated rings. The summed E-state index contributed by atoms with van der Waals surface area (Å²) in [4.78, 5) is 38.0. The Balaban J connectivity index is 1.75. The molecule has 0 bridgehead atoms. The van der Waals surface area contributed by atoms with Crippen LogP contribution in [0.1, 0.15) is 39.5 Å². The quantitative estimate of drug-likeness (QED) is 0.600. The second-order valence-electron chi connectivity index (χ2n) is 6.38. The Hall–Kier alpha value is -2.32. The van der Waals surface area contributed by atoms with Crippen LogP contribution in [0.15, 0.2) is 30.3 Å². The fraction of sp³-hybridized carbons (Fsp3) is 0.350. The molecule has 2 rings (SSSR count). The number of thioether (sulfide) groups is 1. The molecular formula is C20H25N3O3S2. The highest BCUT2D eigenvalue weighted by atomic mass is 32.2. The van der Waals surface area contributed by atoms with Gasteiger partial charge in [-0.15, -0.1) is 23.1 Å². The number of nitrogens with one attached hydrogen (secondary N) is 3. The molecule has 6 nitrogen and oxygen atoms in total. The third-order valence-electron chi connectivity index (χ3n) is 4.03. The highest BCUT2D eigenvalue weighted by Gasteiger charge is 2.17. The van der Waals surface area contributed by atoms with Crippen molar-refractivity contribution in [3.63, 3.8) is 0 Å². The van der Waals surface area contributed by atoms with Gasteiger partial charge in [0.25, 0.3) is 11.8 Å². The first-order chi connectivity index (χ1) is 13.3. The highest BCUT2D eigenvalue weighted by molar-refractivity contribution is 8.01. The van der Waals surface area contributed by atoms with Crippen LogP contribution in [0, 0.1) is 13.8 Å². The SMILES string of the molecule is CCc1sc(C(=O)NNC(=O)[C@@H](C)SCC(=O)Nc2ccc(C)cc2)cc1C. The number of carbonyl (C=O) groups excluding carboxylic acids is 3. The van der Waals surface area contributed by atoms with Crippen molar-refractivity contribution in [2.24, 2.45) is 0 Å². The third-order valence-corrected chi connectivity index (χ3v) is 6.56. The second-order valence-corrected chi connectivity index (χ2v) is 8.85. The predicted octanol–water partition coefficient (Wildman–Crippen LogP) is 3.45. The van der Waals surface area contributed by atoms with Crippen LogP contribution in [-0.4, -0.2) is 28.7 Å². The zero-order valence-corrected chi connectivity index (χ0v) is 18.1. The van der Waals surface area contributed by atoms with Crippen LogP contribution in [-0.2, 0) is 16.0 Å². The number of anilines is 1. The van der Waals surface area contributed by atoms with Crippen molar-refractivity contribution in [2.75, 3.05) is 11.1 Å². The summed E-state index contributed by atoms with van der Waals surface area (Å²) in [5.41, 5.74) is 7.77. The first kappa shape index (κ1) is 22.0. The van der Waals surface area contributed by atoms with E-state index >= 15 is 0 Å². The molecule has 0 unspecified atom stereocenters. The molecule has 0 saturated carbocycles. The number of rotatable bonds is 7. The predicted molar refractivity (Wildman–Crippen MR) is 116 cm³/mol. The standard InChI is InChI=1S/C20H25N3O3S2/c1-5-16-13(3)10-17(28-16)20(26)23-22-19(25)14(4)27-11-18(24)21-15-8-6-12(2)7-9-15/h6-10,14H,5,11H2,1-4H3,(H,21,24)(H,22,25)(H,23,26)/t14-/m1/s1. The van der Waals surface area contributed by atoms with Crippen molar-refractivity contribution in [1.29, 1.82) is 0 Å². The van der Waals surface area contributed by atoms with E-state index in [0.29, 0.717) is 4.88 Å². The number of carbonyl (C=O) groups is 3. The van der Waals surface area contributed by atoms with E-state index in [1.807, 2.05) is 51.1 Å². The summed E-state index contributed by atoms with van der Waals surface area (Å²) < 4.78 is 0. The van der Waals surface area contributed by atoms with Gasteiger partial charge in [0, 0.05) is 10.6 Å². The second kappa shape index (κ2) is 10.3. The van der Waals surface area contributed by atoms with Crippen LogP contribution >= 0.6 is 23.1 Å². The lowest BCUT2D eigenvalue weighted by Crippen LogP contribution is -2.44. The topological polar surface area (TPSA) is 87.3 Å². The number of benzene rings is 1. The molecule has 8 heteroatoms. The van der Waals surface area contributed by atoms with E-state index < -0.39 is 5.25 Å². The van der Waals surface area contributed by atoms with E-state index in [4.69, 9.17) is 0 Å². The zero-order chi connectivity index (χ0) is 20.7. The summed E-state index contributed by atoms with van der Waals surface area (Å²) in [6, 6.07) is 9.32. The minimum atomic E-state index is -0.486. The van der Waals surface area contributed by atoms with E-state index in [0.717, 1.165) is 28.1 Å². The molecule has 0 spiro atoms. The van der Waals surface area contributed by atoms with Gasteiger partial charge < -0.3 is 5.32 Å². The highest BCUT2D eigenvalue weighted by Crippen LogP contribution is 2.22. The smallest absolute Gasteiger partial charge is 0.279 e. The maximum Gasteiger partial charge on any atom is 0.279 e. The molecule has 1 aromatic heterocycles. The molecular weight excluding hydrogens is 394 g/mol. The van der Waals surface area contributed by atoms with Crippen LogP contribution in [0.5, 0.6) is 0 Å². The van der Waals surface area contributed by atoms with Crippen molar-refractivity contribution < 1.29 is 14.4 Å². The van der Waals surface area contributed by atoms with Gasteiger partial charge in [0.15, 0.2) is 0 Å². The number of hydrogen-bond donors (Lipinski definition) is 3. The Morgan fingerprint density at radius 2 is 1.79 bits per heavy atom. The van der Waals surface area contributed by atoms with Crippen molar-refractivity contribution in [3.05, 3.63) is 51.2 Å². The zero-order valence-electron chi connectivity index (χ0n) is 16.4. The fourth-order valence-corrected chi connectivity index (χ4v) is 4.07. The summed E-state index contributed by atoms with van der Waals surface area (Å²) in [7, 11) is 0. The first-order valence-electron chi connectivity index (χ1n) is 8.97. The molecule has 28 heavy (non-hydrogen) atoms. The molecule has 3 N–H and O–H groups in total. The van der Waals surface area contributed by atoms with Crippen LogP contribution in [0.25, 0.3) is 0 Å². The van der Waals surface area contributed by atoms with Gasteiger partial charge in [0.2, 0.25) is 5.91 Å². The van der Waals surface area contributed by atoms with Crippen LogP contribution < -0.4 is 16.2 Å². The molecule has 1 atom stereocenters. The Morgan fingerprint density at radius 3 is 2.39 bits per heavy atom. The number of hydrogen-bond acceptors (Lipinski definition) is 5. The van der Waals surface area contributed by atoms with Crippen molar-refractivity contribution in [1.82, 2.24) is 10.9 Å². The number of thiophene rings is 1. The van der Waals surface area contributed by atoms with E-state index in [2.05, 4.69) is 16.2 Å². The van der Waals surface area contributed by atoms with Gasteiger partial charge in [0.1, 0.15) is 0 Å². The number of hydrazine groups is 1. The lowest BCUT2D eigenvalue weighted by Gasteiger charge is -2.12. The normalized spacial score (nSPS) is 11.6. The van der Waals surface area contributed by atoms with Crippen molar-refractivity contribution >= 4 is 46.5 Å². The summed E-state index contributed by atoms with van der Waals surface area (Å²) in [5.74, 6) is -0.736. The molecule has 0 aliphatic heterocycles. The van der Waals surface area contributed by atoms with Gasteiger partial charge in [-0.25, -0.2) is 0 Å².